The fraction of sp³-hybridized carbons (Fsp3) is 0.312. The zero-order valence-electron chi connectivity index (χ0n) is 13.5. The Hall–Kier alpha value is -2.34. The van der Waals surface area contributed by atoms with Crippen molar-refractivity contribution in [2.45, 2.75) is 34.2 Å². The molecule has 6 nitrogen and oxygen atoms in total. The fourth-order valence-electron chi connectivity index (χ4n) is 2.49. The average molecular weight is 335 g/mol. The third-order valence-corrected chi connectivity index (χ3v) is 3.92. The standard InChI is InChI=1S/C16H19ClN4O2/c1-5-21-11(4)15(10(3)20-21)9(2)18-19-12-6-7-14(17)13(8-12)16(22)23/h6-8,19H,5H2,1-4H3,(H,22,23)/b18-9+. The van der Waals surface area contributed by atoms with Crippen molar-refractivity contribution in [3.05, 3.63) is 45.7 Å². The van der Waals surface area contributed by atoms with Crippen molar-refractivity contribution in [3.63, 3.8) is 0 Å². The van der Waals surface area contributed by atoms with Gasteiger partial charge in [-0.25, -0.2) is 4.79 Å². The second-order valence-corrected chi connectivity index (χ2v) is 5.58. The highest BCUT2D eigenvalue weighted by molar-refractivity contribution is 6.33. The summed E-state index contributed by atoms with van der Waals surface area (Å²) in [4.78, 5) is 11.1. The molecule has 1 heterocycles. The number of nitrogens with one attached hydrogen (secondary N) is 1. The van der Waals surface area contributed by atoms with Crippen molar-refractivity contribution in [2.24, 2.45) is 5.10 Å². The van der Waals surface area contributed by atoms with Gasteiger partial charge in [0.25, 0.3) is 0 Å². The molecule has 0 saturated carbocycles. The number of hydrogen-bond donors (Lipinski definition) is 2. The minimum Gasteiger partial charge on any atom is -0.478 e. The van der Waals surface area contributed by atoms with Crippen molar-refractivity contribution in [1.29, 1.82) is 0 Å². The number of rotatable bonds is 5. The number of anilines is 1. The molecule has 0 atom stereocenters. The predicted octanol–water partition coefficient (Wildman–Crippen LogP) is 3.71. The van der Waals surface area contributed by atoms with Crippen LogP contribution in [-0.4, -0.2) is 26.6 Å². The van der Waals surface area contributed by atoms with Gasteiger partial charge >= 0.3 is 5.97 Å². The SMILES string of the molecule is CCn1nc(C)c(/C(C)=N/Nc2ccc(Cl)c(C(=O)O)c2)c1C. The van der Waals surface area contributed by atoms with Crippen molar-refractivity contribution in [3.8, 4) is 0 Å². The topological polar surface area (TPSA) is 79.5 Å². The van der Waals surface area contributed by atoms with E-state index in [4.69, 9.17) is 16.7 Å². The van der Waals surface area contributed by atoms with Crippen LogP contribution in [0.2, 0.25) is 5.02 Å². The monoisotopic (exact) mass is 334 g/mol. The van der Waals surface area contributed by atoms with E-state index in [0.29, 0.717) is 5.69 Å². The van der Waals surface area contributed by atoms with E-state index in [-0.39, 0.29) is 10.6 Å². The van der Waals surface area contributed by atoms with Crippen molar-refractivity contribution in [1.82, 2.24) is 9.78 Å². The largest absolute Gasteiger partial charge is 0.478 e. The van der Waals surface area contributed by atoms with E-state index in [2.05, 4.69) is 15.6 Å². The molecule has 0 aliphatic carbocycles. The van der Waals surface area contributed by atoms with E-state index in [1.54, 1.807) is 6.07 Å². The summed E-state index contributed by atoms with van der Waals surface area (Å²) in [5.41, 5.74) is 7.21. The Bertz CT molecular complexity index is 781. The van der Waals surface area contributed by atoms with Crippen LogP contribution in [0.5, 0.6) is 0 Å². The molecule has 23 heavy (non-hydrogen) atoms. The fourth-order valence-corrected chi connectivity index (χ4v) is 2.69. The molecule has 0 radical (unpaired) electrons. The minimum absolute atomic E-state index is 0.0377. The summed E-state index contributed by atoms with van der Waals surface area (Å²) in [5, 5.41) is 18.1. The Labute approximate surface area is 139 Å². The zero-order chi connectivity index (χ0) is 17.1. The molecule has 2 rings (SSSR count). The molecule has 0 bridgehead atoms. The van der Waals surface area contributed by atoms with Crippen LogP contribution in [0.1, 0.15) is 41.2 Å². The molecule has 1 aromatic heterocycles. The van der Waals surface area contributed by atoms with Gasteiger partial charge in [0.2, 0.25) is 0 Å². The first-order valence-electron chi connectivity index (χ1n) is 7.22. The minimum atomic E-state index is -1.07. The Kier molecular flexibility index (Phi) is 5.05. The summed E-state index contributed by atoms with van der Waals surface area (Å²) in [6.45, 7) is 8.67. The third-order valence-electron chi connectivity index (χ3n) is 3.59. The molecule has 0 aliphatic rings. The van der Waals surface area contributed by atoms with E-state index in [1.807, 2.05) is 32.4 Å². The van der Waals surface area contributed by atoms with E-state index in [0.717, 1.165) is 29.2 Å². The summed E-state index contributed by atoms with van der Waals surface area (Å²) >= 11 is 5.85. The normalized spacial score (nSPS) is 11.6. The van der Waals surface area contributed by atoms with Crippen LogP contribution >= 0.6 is 11.6 Å². The Morgan fingerprint density at radius 2 is 2.13 bits per heavy atom. The summed E-state index contributed by atoms with van der Waals surface area (Å²) in [5.74, 6) is -1.07. The molecular weight excluding hydrogens is 316 g/mol. The number of carboxylic acid groups (broad SMARTS) is 1. The quantitative estimate of drug-likeness (QED) is 0.645. The van der Waals surface area contributed by atoms with Crippen LogP contribution in [-0.2, 0) is 6.54 Å². The van der Waals surface area contributed by atoms with Gasteiger partial charge in [-0.1, -0.05) is 11.6 Å². The van der Waals surface area contributed by atoms with Gasteiger partial charge < -0.3 is 5.11 Å². The molecule has 2 N–H and O–H groups in total. The number of benzene rings is 1. The van der Waals surface area contributed by atoms with Gasteiger partial charge in [0.15, 0.2) is 0 Å². The van der Waals surface area contributed by atoms with Gasteiger partial charge in [-0.2, -0.15) is 10.2 Å². The molecule has 1 aromatic carbocycles. The van der Waals surface area contributed by atoms with Crippen molar-refractivity contribution >= 4 is 29.0 Å². The molecule has 7 heteroatoms. The number of hydrogen-bond acceptors (Lipinski definition) is 4. The molecular formula is C16H19ClN4O2. The third kappa shape index (κ3) is 3.53. The number of aromatic carboxylic acids is 1. The first-order valence-corrected chi connectivity index (χ1v) is 7.60. The molecule has 122 valence electrons. The Morgan fingerprint density at radius 1 is 1.43 bits per heavy atom. The Balaban J connectivity index is 2.28. The maximum Gasteiger partial charge on any atom is 0.337 e. The first kappa shape index (κ1) is 17.0. The molecule has 0 saturated heterocycles. The number of carboxylic acids is 1. The van der Waals surface area contributed by atoms with Gasteiger partial charge in [-0.15, -0.1) is 0 Å². The number of halogens is 1. The highest BCUT2D eigenvalue weighted by atomic mass is 35.5. The van der Waals surface area contributed by atoms with E-state index in [9.17, 15) is 4.79 Å². The average Bonchev–Trinajstić information content (AvgIpc) is 2.80. The van der Waals surface area contributed by atoms with Crippen molar-refractivity contribution in [2.75, 3.05) is 5.43 Å². The van der Waals surface area contributed by atoms with Crippen LogP contribution < -0.4 is 5.43 Å². The second-order valence-electron chi connectivity index (χ2n) is 5.17. The first-order chi connectivity index (χ1) is 10.8. The predicted molar refractivity (Wildman–Crippen MR) is 91.6 cm³/mol. The molecule has 0 unspecified atom stereocenters. The van der Waals surface area contributed by atoms with Gasteiger partial charge in [0.05, 0.1) is 27.7 Å². The lowest BCUT2D eigenvalue weighted by atomic mass is 10.1. The van der Waals surface area contributed by atoms with Crippen LogP contribution in [0.15, 0.2) is 23.3 Å². The summed E-state index contributed by atoms with van der Waals surface area (Å²) < 4.78 is 1.93. The van der Waals surface area contributed by atoms with Crippen molar-refractivity contribution < 1.29 is 9.90 Å². The summed E-state index contributed by atoms with van der Waals surface area (Å²) in [7, 11) is 0. The highest BCUT2D eigenvalue weighted by Gasteiger charge is 2.13. The van der Waals surface area contributed by atoms with Crippen LogP contribution in [0.4, 0.5) is 5.69 Å². The van der Waals surface area contributed by atoms with Gasteiger partial charge in [0, 0.05) is 17.8 Å². The lowest BCUT2D eigenvalue weighted by Crippen LogP contribution is -2.05. The maximum atomic E-state index is 11.1. The second kappa shape index (κ2) is 6.83. The highest BCUT2D eigenvalue weighted by Crippen LogP contribution is 2.21. The number of aromatic nitrogens is 2. The number of aryl methyl sites for hydroxylation is 2. The lowest BCUT2D eigenvalue weighted by molar-refractivity contribution is 0.0697. The summed E-state index contributed by atoms with van der Waals surface area (Å²) in [6.07, 6.45) is 0. The molecule has 2 aromatic rings. The molecule has 0 amide bonds. The van der Waals surface area contributed by atoms with E-state index in [1.165, 1.54) is 12.1 Å². The number of hydrazone groups is 1. The van der Waals surface area contributed by atoms with E-state index >= 15 is 0 Å². The Morgan fingerprint density at radius 3 is 2.70 bits per heavy atom. The van der Waals surface area contributed by atoms with Gasteiger partial charge in [0.1, 0.15) is 0 Å². The lowest BCUT2D eigenvalue weighted by Gasteiger charge is -2.06. The smallest absolute Gasteiger partial charge is 0.337 e. The molecule has 0 spiro atoms. The van der Waals surface area contributed by atoms with Crippen LogP contribution in [0.3, 0.4) is 0 Å². The van der Waals surface area contributed by atoms with Gasteiger partial charge in [-0.05, 0) is 45.9 Å². The number of carbonyl (C=O) groups is 1. The van der Waals surface area contributed by atoms with E-state index < -0.39 is 5.97 Å². The summed E-state index contributed by atoms with van der Waals surface area (Å²) in [6, 6.07) is 4.67. The molecule has 0 aliphatic heterocycles. The number of nitrogens with zero attached hydrogens (tertiary/aromatic N) is 3. The maximum absolute atomic E-state index is 11.1. The van der Waals surface area contributed by atoms with Crippen LogP contribution in [0, 0.1) is 13.8 Å². The van der Waals surface area contributed by atoms with Crippen LogP contribution in [0.25, 0.3) is 0 Å². The van der Waals surface area contributed by atoms with Gasteiger partial charge in [-0.3, -0.25) is 10.1 Å². The zero-order valence-corrected chi connectivity index (χ0v) is 14.3. The molecule has 0 fully saturated rings.